The van der Waals surface area contributed by atoms with Gasteiger partial charge in [-0.05, 0) is 38.1 Å². The first-order valence-corrected chi connectivity index (χ1v) is 6.62. The van der Waals surface area contributed by atoms with Crippen LogP contribution in [0.3, 0.4) is 0 Å². The van der Waals surface area contributed by atoms with Gasteiger partial charge < -0.3 is 0 Å². The van der Waals surface area contributed by atoms with Crippen LogP contribution in [0, 0.1) is 12.7 Å². The van der Waals surface area contributed by atoms with Crippen LogP contribution in [0.25, 0.3) is 16.6 Å². The van der Waals surface area contributed by atoms with E-state index in [0.717, 1.165) is 23.1 Å². The van der Waals surface area contributed by atoms with Gasteiger partial charge in [-0.25, -0.2) is 9.37 Å². The fourth-order valence-electron chi connectivity index (χ4n) is 1.70. The maximum Gasteiger partial charge on any atom is 0.416 e. The number of hydrogen-bond acceptors (Lipinski definition) is 2. The number of allylic oxidation sites excluding steroid dienone is 1. The van der Waals surface area contributed by atoms with Gasteiger partial charge in [0, 0.05) is 10.4 Å². The molecule has 1 aromatic carbocycles. The Morgan fingerprint density at radius 1 is 1.25 bits per heavy atom. The Labute approximate surface area is 117 Å². The van der Waals surface area contributed by atoms with Crippen LogP contribution in [0.1, 0.15) is 23.1 Å². The van der Waals surface area contributed by atoms with Gasteiger partial charge in [-0.3, -0.25) is 0 Å². The number of halogens is 4. The van der Waals surface area contributed by atoms with Gasteiger partial charge in [0.2, 0.25) is 0 Å². The van der Waals surface area contributed by atoms with Crippen LogP contribution < -0.4 is 0 Å². The van der Waals surface area contributed by atoms with E-state index in [1.807, 2.05) is 6.92 Å². The second kappa shape index (κ2) is 5.36. The van der Waals surface area contributed by atoms with Gasteiger partial charge in [-0.1, -0.05) is 6.08 Å². The third kappa shape index (κ3) is 2.90. The molecule has 0 saturated heterocycles. The molecule has 106 valence electrons. The molecular weight excluding hydrogens is 290 g/mol. The molecule has 2 rings (SSSR count). The average Bonchev–Trinajstić information content (AvgIpc) is 2.70. The van der Waals surface area contributed by atoms with E-state index in [-0.39, 0.29) is 10.6 Å². The number of alkyl halides is 3. The van der Waals surface area contributed by atoms with Crippen molar-refractivity contribution in [1.82, 2.24) is 4.98 Å². The summed E-state index contributed by atoms with van der Waals surface area (Å²) in [6, 6.07) is 2.35. The minimum Gasteiger partial charge on any atom is -0.236 e. The van der Waals surface area contributed by atoms with E-state index in [2.05, 4.69) is 4.98 Å². The van der Waals surface area contributed by atoms with Crippen molar-refractivity contribution < 1.29 is 17.6 Å². The van der Waals surface area contributed by atoms with Gasteiger partial charge in [-0.15, -0.1) is 11.3 Å². The Kier molecular flexibility index (Phi) is 3.94. The van der Waals surface area contributed by atoms with Gasteiger partial charge in [0.05, 0.1) is 11.3 Å². The Morgan fingerprint density at radius 3 is 2.55 bits per heavy atom. The summed E-state index contributed by atoms with van der Waals surface area (Å²) in [5.41, 5.74) is -0.359. The quantitative estimate of drug-likeness (QED) is 0.685. The van der Waals surface area contributed by atoms with Crippen LogP contribution >= 0.6 is 11.3 Å². The predicted octanol–water partition coefficient (Wildman–Crippen LogP) is 5.31. The third-order valence-corrected chi connectivity index (χ3v) is 3.70. The topological polar surface area (TPSA) is 12.9 Å². The molecule has 6 heteroatoms. The molecular formula is C14H11F4NS. The molecule has 0 aliphatic heterocycles. The van der Waals surface area contributed by atoms with Crippen molar-refractivity contribution in [2.24, 2.45) is 0 Å². The zero-order chi connectivity index (χ0) is 14.9. The van der Waals surface area contributed by atoms with Gasteiger partial charge in [0.1, 0.15) is 10.8 Å². The maximum atomic E-state index is 13.8. The summed E-state index contributed by atoms with van der Waals surface area (Å²) < 4.78 is 51.8. The first kappa shape index (κ1) is 14.7. The molecule has 1 nitrogen and oxygen atoms in total. The zero-order valence-corrected chi connectivity index (χ0v) is 11.6. The molecule has 0 spiro atoms. The Balaban J connectivity index is 2.54. The minimum absolute atomic E-state index is 0.122. The lowest BCUT2D eigenvalue weighted by molar-refractivity contribution is -0.137. The summed E-state index contributed by atoms with van der Waals surface area (Å²) in [5.74, 6) is -0.709. The molecule has 0 aliphatic carbocycles. The van der Waals surface area contributed by atoms with Crippen molar-refractivity contribution in [3.05, 3.63) is 46.2 Å². The fourth-order valence-corrected chi connectivity index (χ4v) is 2.62. The highest BCUT2D eigenvalue weighted by atomic mass is 32.1. The van der Waals surface area contributed by atoms with Gasteiger partial charge >= 0.3 is 6.18 Å². The zero-order valence-electron chi connectivity index (χ0n) is 10.8. The highest BCUT2D eigenvalue weighted by molar-refractivity contribution is 7.15. The third-order valence-electron chi connectivity index (χ3n) is 2.68. The van der Waals surface area contributed by atoms with Gasteiger partial charge in [0.15, 0.2) is 0 Å². The van der Waals surface area contributed by atoms with Crippen LogP contribution in [-0.4, -0.2) is 4.98 Å². The fraction of sp³-hybridized carbons (Fsp3) is 0.214. The lowest BCUT2D eigenvalue weighted by Gasteiger charge is -2.08. The molecule has 20 heavy (non-hydrogen) atoms. The summed E-state index contributed by atoms with van der Waals surface area (Å²) in [6.07, 6.45) is -0.990. The standard InChI is InChI=1S/C14H11F4NS/c1-3-4-12-8(2)20-13(19-12)10-7-9(14(16,17)18)5-6-11(10)15/h3-7H,1-2H3/b4-3-. The average molecular weight is 301 g/mol. The number of rotatable bonds is 2. The van der Waals surface area contributed by atoms with E-state index < -0.39 is 17.6 Å². The first-order chi connectivity index (χ1) is 9.32. The molecule has 1 heterocycles. The summed E-state index contributed by atoms with van der Waals surface area (Å²) in [4.78, 5) is 5.01. The normalized spacial score (nSPS) is 12.3. The van der Waals surface area contributed by atoms with Crippen LogP contribution in [0.4, 0.5) is 17.6 Å². The SMILES string of the molecule is C/C=C\c1nc(-c2cc(C(F)(F)F)ccc2F)sc1C. The number of nitrogens with zero attached hydrogens (tertiary/aromatic N) is 1. The summed E-state index contributed by atoms with van der Waals surface area (Å²) in [5, 5.41) is 0.249. The molecule has 0 radical (unpaired) electrons. The molecule has 0 saturated carbocycles. The van der Waals surface area contributed by atoms with Crippen molar-refractivity contribution in [2.45, 2.75) is 20.0 Å². The van der Waals surface area contributed by atoms with E-state index in [4.69, 9.17) is 0 Å². The van der Waals surface area contributed by atoms with Crippen molar-refractivity contribution in [1.29, 1.82) is 0 Å². The van der Waals surface area contributed by atoms with Gasteiger partial charge in [0.25, 0.3) is 0 Å². The van der Waals surface area contributed by atoms with Crippen molar-refractivity contribution in [2.75, 3.05) is 0 Å². The summed E-state index contributed by atoms with van der Waals surface area (Å²) in [6.45, 7) is 3.60. The highest BCUT2D eigenvalue weighted by Gasteiger charge is 2.31. The maximum absolute atomic E-state index is 13.8. The number of benzene rings is 1. The number of thiazole rings is 1. The lowest BCUT2D eigenvalue weighted by atomic mass is 10.1. The largest absolute Gasteiger partial charge is 0.416 e. The monoisotopic (exact) mass is 301 g/mol. The van der Waals surface area contributed by atoms with Gasteiger partial charge in [-0.2, -0.15) is 13.2 Å². The van der Waals surface area contributed by atoms with Crippen LogP contribution in [0.5, 0.6) is 0 Å². The van der Waals surface area contributed by atoms with E-state index in [1.54, 1.807) is 19.1 Å². The van der Waals surface area contributed by atoms with Crippen LogP contribution in [0.2, 0.25) is 0 Å². The summed E-state index contributed by atoms with van der Waals surface area (Å²) in [7, 11) is 0. The molecule has 0 unspecified atom stereocenters. The highest BCUT2D eigenvalue weighted by Crippen LogP contribution is 2.35. The predicted molar refractivity (Wildman–Crippen MR) is 72.0 cm³/mol. The Bertz CT molecular complexity index is 656. The smallest absolute Gasteiger partial charge is 0.236 e. The minimum atomic E-state index is -4.50. The first-order valence-electron chi connectivity index (χ1n) is 5.80. The molecule has 2 aromatic rings. The second-order valence-corrected chi connectivity index (χ2v) is 5.36. The number of aryl methyl sites for hydroxylation is 1. The van der Waals surface area contributed by atoms with E-state index in [0.29, 0.717) is 5.69 Å². The van der Waals surface area contributed by atoms with Crippen molar-refractivity contribution in [3.8, 4) is 10.6 Å². The van der Waals surface area contributed by atoms with Crippen molar-refractivity contribution in [3.63, 3.8) is 0 Å². The number of aromatic nitrogens is 1. The van der Waals surface area contributed by atoms with Crippen LogP contribution in [0.15, 0.2) is 24.3 Å². The van der Waals surface area contributed by atoms with E-state index in [1.165, 1.54) is 11.3 Å². The molecule has 0 atom stereocenters. The lowest BCUT2D eigenvalue weighted by Crippen LogP contribution is -2.05. The van der Waals surface area contributed by atoms with Crippen molar-refractivity contribution >= 4 is 17.4 Å². The molecule has 1 aromatic heterocycles. The van der Waals surface area contributed by atoms with E-state index >= 15 is 0 Å². The molecule has 0 aliphatic rings. The molecule has 0 amide bonds. The molecule has 0 fully saturated rings. The molecule has 0 bridgehead atoms. The second-order valence-electron chi connectivity index (χ2n) is 4.15. The summed E-state index contributed by atoms with van der Waals surface area (Å²) >= 11 is 1.17. The van der Waals surface area contributed by atoms with Crippen LogP contribution in [-0.2, 0) is 6.18 Å². The molecule has 0 N–H and O–H groups in total. The van der Waals surface area contributed by atoms with E-state index in [9.17, 15) is 17.6 Å². The number of hydrogen-bond donors (Lipinski definition) is 0. The Morgan fingerprint density at radius 2 is 1.95 bits per heavy atom. The Hall–Kier alpha value is -1.69.